The van der Waals surface area contributed by atoms with Crippen LogP contribution in [0.15, 0.2) is 64.0 Å². The lowest BCUT2D eigenvalue weighted by molar-refractivity contribution is -0.163. The van der Waals surface area contributed by atoms with Crippen molar-refractivity contribution in [1.29, 1.82) is 0 Å². The first-order valence-corrected chi connectivity index (χ1v) is 15.6. The molecular formula is C30H33N3O6S2. The SMILES string of the molecule is CSc1ccc(CN2C[C@@H](SC3=C(C(=O)O)N4C(=O)[C@H]([C@@H](C)O)[C@H]4[C@H]3C)C[C@H]2C(=O)Nc2cccc(C=O)c2)cc1. The van der Waals surface area contributed by atoms with Gasteiger partial charge in [0, 0.05) is 45.3 Å². The fourth-order valence-corrected chi connectivity index (χ4v) is 8.10. The number of likely N-dealkylation sites (tertiary alicyclic amines) is 1. The Morgan fingerprint density at radius 2 is 1.93 bits per heavy atom. The molecule has 5 rings (SSSR count). The lowest BCUT2D eigenvalue weighted by Crippen LogP contribution is -2.63. The number of nitrogens with one attached hydrogen (secondary N) is 1. The van der Waals surface area contributed by atoms with Crippen molar-refractivity contribution in [2.24, 2.45) is 11.8 Å². The van der Waals surface area contributed by atoms with Crippen molar-refractivity contribution >= 4 is 53.3 Å². The second-order valence-electron chi connectivity index (χ2n) is 10.8. The fourth-order valence-electron chi connectivity index (χ4n) is 6.13. The number of aliphatic hydroxyl groups excluding tert-OH is 1. The van der Waals surface area contributed by atoms with Crippen molar-refractivity contribution in [1.82, 2.24) is 9.80 Å². The summed E-state index contributed by atoms with van der Waals surface area (Å²) < 4.78 is 0. The number of amides is 2. The average molecular weight is 596 g/mol. The molecule has 0 unspecified atom stereocenters. The van der Waals surface area contributed by atoms with E-state index < -0.39 is 24.0 Å². The maximum Gasteiger partial charge on any atom is 0.353 e. The molecule has 0 aromatic heterocycles. The number of β-lactam (4-membered cyclic amide) rings is 1. The van der Waals surface area contributed by atoms with Gasteiger partial charge >= 0.3 is 5.97 Å². The molecule has 0 saturated carbocycles. The average Bonchev–Trinajstić information content (AvgIpc) is 3.45. The highest BCUT2D eigenvalue weighted by atomic mass is 32.2. The molecule has 41 heavy (non-hydrogen) atoms. The molecule has 3 N–H and O–H groups in total. The van der Waals surface area contributed by atoms with E-state index in [0.717, 1.165) is 16.7 Å². The van der Waals surface area contributed by atoms with Crippen LogP contribution < -0.4 is 5.32 Å². The van der Waals surface area contributed by atoms with E-state index in [0.29, 0.717) is 35.7 Å². The van der Waals surface area contributed by atoms with Gasteiger partial charge in [-0.05, 0) is 49.4 Å². The third-order valence-corrected chi connectivity index (χ3v) is 10.3. The number of carbonyl (C=O) groups excluding carboxylic acids is 3. The summed E-state index contributed by atoms with van der Waals surface area (Å²) in [5.74, 6) is -2.58. The van der Waals surface area contributed by atoms with Gasteiger partial charge in [-0.3, -0.25) is 19.3 Å². The number of anilines is 1. The van der Waals surface area contributed by atoms with E-state index in [1.165, 1.54) is 16.7 Å². The van der Waals surface area contributed by atoms with Gasteiger partial charge in [-0.25, -0.2) is 4.79 Å². The Morgan fingerprint density at radius 1 is 1.20 bits per heavy atom. The lowest BCUT2D eigenvalue weighted by Gasteiger charge is -2.46. The van der Waals surface area contributed by atoms with Gasteiger partial charge in [0.25, 0.3) is 0 Å². The van der Waals surface area contributed by atoms with Crippen molar-refractivity contribution in [2.45, 2.75) is 55.1 Å². The molecule has 3 aliphatic heterocycles. The Bertz CT molecular complexity index is 1390. The molecule has 0 aliphatic carbocycles. The number of carbonyl (C=O) groups is 4. The third kappa shape index (κ3) is 5.68. The van der Waals surface area contributed by atoms with Crippen molar-refractivity contribution in [3.63, 3.8) is 0 Å². The molecule has 216 valence electrons. The fraction of sp³-hybridized carbons (Fsp3) is 0.400. The maximum atomic E-state index is 13.6. The standard InChI is InChI=1S/C30H33N3O6S2/c1-16-25-24(17(2)35)29(37)33(25)26(30(38)39)27(16)41-22-12-23(28(36)31-20-6-4-5-19(11-20)15-34)32(14-22)13-18-7-9-21(40-3)10-8-18/h4-11,15-17,22-25,35H,12-14H2,1-3H3,(H,31,36)(H,38,39)/t16-,17-,22+,23+,24-,25-/m1/s1. The van der Waals surface area contributed by atoms with Crippen molar-refractivity contribution in [3.05, 3.63) is 70.3 Å². The van der Waals surface area contributed by atoms with Crippen LogP contribution in [0.25, 0.3) is 0 Å². The van der Waals surface area contributed by atoms with Gasteiger partial charge in [0.15, 0.2) is 0 Å². The number of benzene rings is 2. The Balaban J connectivity index is 1.39. The highest BCUT2D eigenvalue weighted by Gasteiger charge is 2.60. The van der Waals surface area contributed by atoms with Gasteiger partial charge in [0.05, 0.1) is 24.1 Å². The van der Waals surface area contributed by atoms with E-state index in [9.17, 15) is 29.4 Å². The van der Waals surface area contributed by atoms with E-state index in [2.05, 4.69) is 10.2 Å². The van der Waals surface area contributed by atoms with E-state index in [1.54, 1.807) is 43.0 Å². The van der Waals surface area contributed by atoms with Crippen LogP contribution in [0.1, 0.15) is 36.2 Å². The number of thioether (sulfide) groups is 2. The van der Waals surface area contributed by atoms with Crippen molar-refractivity contribution in [3.8, 4) is 0 Å². The molecule has 6 atom stereocenters. The number of aliphatic hydroxyl groups is 1. The quantitative estimate of drug-likeness (QED) is 0.214. The zero-order chi connectivity index (χ0) is 29.4. The van der Waals surface area contributed by atoms with E-state index in [-0.39, 0.29) is 34.7 Å². The molecule has 9 nitrogen and oxygen atoms in total. The number of hydrogen-bond acceptors (Lipinski definition) is 8. The van der Waals surface area contributed by atoms with Crippen LogP contribution in [0.5, 0.6) is 0 Å². The Morgan fingerprint density at radius 3 is 2.56 bits per heavy atom. The molecule has 3 heterocycles. The van der Waals surface area contributed by atoms with Gasteiger partial charge in [-0.2, -0.15) is 0 Å². The summed E-state index contributed by atoms with van der Waals surface area (Å²) in [7, 11) is 0. The molecule has 2 fully saturated rings. The minimum atomic E-state index is -1.16. The summed E-state index contributed by atoms with van der Waals surface area (Å²) in [6, 6.07) is 14.1. The summed E-state index contributed by atoms with van der Waals surface area (Å²) in [6.07, 6.45) is 2.36. The highest BCUT2D eigenvalue weighted by molar-refractivity contribution is 8.03. The summed E-state index contributed by atoms with van der Waals surface area (Å²) in [6.45, 7) is 4.55. The molecule has 11 heteroatoms. The second kappa shape index (κ2) is 12.0. The van der Waals surface area contributed by atoms with E-state index in [4.69, 9.17) is 0 Å². The van der Waals surface area contributed by atoms with Crippen LogP contribution in [0, 0.1) is 11.8 Å². The number of nitrogens with zero attached hydrogens (tertiary/aromatic N) is 2. The minimum absolute atomic E-state index is 0.00724. The zero-order valence-corrected chi connectivity index (χ0v) is 24.7. The normalized spacial score (nSPS) is 26.5. The third-order valence-electron chi connectivity index (χ3n) is 8.11. The van der Waals surface area contributed by atoms with Gasteiger partial charge < -0.3 is 20.4 Å². The Labute approximate surface area is 247 Å². The Hall–Kier alpha value is -3.12. The monoisotopic (exact) mass is 595 g/mol. The number of rotatable bonds is 10. The number of carboxylic acids is 1. The highest BCUT2D eigenvalue weighted by Crippen LogP contribution is 2.52. The number of hydrogen-bond donors (Lipinski definition) is 3. The maximum absolute atomic E-state index is 13.6. The molecule has 2 amide bonds. The predicted molar refractivity (Wildman–Crippen MR) is 159 cm³/mol. The molecule has 0 radical (unpaired) electrons. The predicted octanol–water partition coefficient (Wildman–Crippen LogP) is 3.69. The molecule has 3 aliphatic rings. The summed E-state index contributed by atoms with van der Waals surface area (Å²) in [4.78, 5) is 55.1. The summed E-state index contributed by atoms with van der Waals surface area (Å²) in [5.41, 5.74) is 2.05. The molecule has 0 bridgehead atoms. The van der Waals surface area contributed by atoms with Crippen molar-refractivity contribution in [2.75, 3.05) is 18.1 Å². The minimum Gasteiger partial charge on any atom is -0.477 e. The largest absolute Gasteiger partial charge is 0.477 e. The molecule has 0 spiro atoms. The topological polar surface area (TPSA) is 127 Å². The summed E-state index contributed by atoms with van der Waals surface area (Å²) in [5, 5.41) is 23.1. The second-order valence-corrected chi connectivity index (χ2v) is 13.0. The zero-order valence-electron chi connectivity index (χ0n) is 23.0. The number of aldehydes is 1. The van der Waals surface area contributed by atoms with Crippen LogP contribution in [0.3, 0.4) is 0 Å². The molecule has 2 aromatic rings. The smallest absolute Gasteiger partial charge is 0.353 e. The number of carboxylic acid groups (broad SMARTS) is 1. The lowest BCUT2D eigenvalue weighted by atomic mass is 9.79. The van der Waals surface area contributed by atoms with Crippen molar-refractivity contribution < 1.29 is 29.4 Å². The first-order chi connectivity index (χ1) is 19.6. The van der Waals surface area contributed by atoms with Crippen LogP contribution in [-0.2, 0) is 20.9 Å². The van der Waals surface area contributed by atoms with Gasteiger partial charge in [0.2, 0.25) is 11.8 Å². The van der Waals surface area contributed by atoms with Gasteiger partial charge in [-0.1, -0.05) is 31.2 Å². The van der Waals surface area contributed by atoms with Gasteiger partial charge in [0.1, 0.15) is 12.0 Å². The number of fused-ring (bicyclic) bond motifs is 1. The van der Waals surface area contributed by atoms with Crippen LogP contribution in [0.2, 0.25) is 0 Å². The first kappa shape index (κ1) is 29.4. The molecular weight excluding hydrogens is 562 g/mol. The van der Waals surface area contributed by atoms with E-state index in [1.807, 2.05) is 37.4 Å². The summed E-state index contributed by atoms with van der Waals surface area (Å²) >= 11 is 3.08. The van der Waals surface area contributed by atoms with E-state index >= 15 is 0 Å². The van der Waals surface area contributed by atoms with Crippen LogP contribution in [0.4, 0.5) is 5.69 Å². The number of aliphatic carboxylic acids is 1. The Kier molecular flexibility index (Phi) is 8.60. The molecule has 2 saturated heterocycles. The van der Waals surface area contributed by atoms with Crippen LogP contribution >= 0.6 is 23.5 Å². The van der Waals surface area contributed by atoms with Gasteiger partial charge in [-0.15, -0.1) is 23.5 Å². The van der Waals surface area contributed by atoms with Crippen LogP contribution in [-0.4, -0.2) is 80.3 Å². The first-order valence-electron chi connectivity index (χ1n) is 13.5. The molecule has 2 aromatic carbocycles.